The van der Waals surface area contributed by atoms with E-state index >= 15 is 4.39 Å². The Morgan fingerprint density at radius 3 is 2.34 bits per heavy atom. The first-order chi connectivity index (χ1) is 21.2. The summed E-state index contributed by atoms with van der Waals surface area (Å²) in [5, 5.41) is 15.2. The summed E-state index contributed by atoms with van der Waals surface area (Å²) in [4.78, 5) is 41.0. The van der Waals surface area contributed by atoms with E-state index in [1.165, 1.54) is 25.4 Å². The van der Waals surface area contributed by atoms with Gasteiger partial charge in [0.25, 0.3) is 0 Å². The number of rotatable bonds is 13. The fourth-order valence-corrected chi connectivity index (χ4v) is 4.77. The second-order valence-electron chi connectivity index (χ2n) is 10.3. The fraction of sp³-hybridized carbons (Fsp3) is 0.250. The van der Waals surface area contributed by atoms with Gasteiger partial charge in [-0.25, -0.2) is 4.39 Å². The third kappa shape index (κ3) is 7.00. The summed E-state index contributed by atoms with van der Waals surface area (Å²) < 4.78 is 32.3. The number of hydrogen-bond acceptors (Lipinski definition) is 7. The summed E-state index contributed by atoms with van der Waals surface area (Å²) in [5.74, 6) is -1.51. The van der Waals surface area contributed by atoms with Crippen molar-refractivity contribution in [2.24, 2.45) is 5.41 Å². The number of amides is 2. The van der Waals surface area contributed by atoms with E-state index in [1.54, 1.807) is 42.5 Å². The number of benzene rings is 3. The minimum atomic E-state index is -1.25. The molecule has 0 radical (unpaired) electrons. The number of carbonyl (C=O) groups is 3. The van der Waals surface area contributed by atoms with Crippen molar-refractivity contribution < 1.29 is 38.1 Å². The van der Waals surface area contributed by atoms with Crippen LogP contribution in [0.5, 0.6) is 23.0 Å². The lowest BCUT2D eigenvalue weighted by atomic mass is 10.0. The van der Waals surface area contributed by atoms with Crippen LogP contribution in [0.3, 0.4) is 0 Å². The van der Waals surface area contributed by atoms with Crippen molar-refractivity contribution in [2.45, 2.75) is 32.1 Å². The Bertz CT molecular complexity index is 1730. The molecule has 0 spiro atoms. The van der Waals surface area contributed by atoms with Gasteiger partial charge in [0.2, 0.25) is 11.8 Å². The lowest BCUT2D eigenvalue weighted by Gasteiger charge is -2.16. The molecular weight excluding hydrogens is 593 g/mol. The van der Waals surface area contributed by atoms with Gasteiger partial charge in [0.15, 0.2) is 23.1 Å². The fourth-order valence-electron chi connectivity index (χ4n) is 4.58. The highest BCUT2D eigenvalue weighted by molar-refractivity contribution is 6.31. The number of carboxylic acid groups (broad SMARTS) is 1. The van der Waals surface area contributed by atoms with E-state index in [0.29, 0.717) is 71.2 Å². The van der Waals surface area contributed by atoms with Crippen LogP contribution in [0.25, 0.3) is 10.9 Å². The molecule has 3 N–H and O–H groups in total. The summed E-state index contributed by atoms with van der Waals surface area (Å²) >= 11 is 5.98. The average Bonchev–Trinajstić information content (AvgIpc) is 3.80. The van der Waals surface area contributed by atoms with Gasteiger partial charge in [0.05, 0.1) is 19.2 Å². The number of fused-ring (bicyclic) bond motifs is 1. The number of aromatic nitrogens is 1. The van der Waals surface area contributed by atoms with Gasteiger partial charge in [-0.3, -0.25) is 19.4 Å². The van der Waals surface area contributed by atoms with Crippen LogP contribution in [0, 0.1) is 11.2 Å². The van der Waals surface area contributed by atoms with Gasteiger partial charge in [-0.1, -0.05) is 17.7 Å². The molecule has 228 valence electrons. The summed E-state index contributed by atoms with van der Waals surface area (Å²) in [6.07, 6.45) is 3.34. The summed E-state index contributed by atoms with van der Waals surface area (Å²) in [6.45, 7) is 0.299. The van der Waals surface area contributed by atoms with E-state index < -0.39 is 29.0 Å². The molecule has 0 atom stereocenters. The van der Waals surface area contributed by atoms with E-state index in [1.807, 2.05) is 0 Å². The van der Waals surface area contributed by atoms with Crippen molar-refractivity contribution in [3.8, 4) is 23.0 Å². The molecule has 0 saturated heterocycles. The molecule has 3 aromatic carbocycles. The smallest absolute Gasteiger partial charge is 0.303 e. The molecule has 0 bridgehead atoms. The first kappa shape index (κ1) is 30.6. The van der Waals surface area contributed by atoms with Crippen LogP contribution < -0.4 is 24.8 Å². The van der Waals surface area contributed by atoms with Crippen LogP contribution >= 0.6 is 11.6 Å². The number of unbranched alkanes of at least 4 members (excludes halogenated alkanes) is 1. The summed E-state index contributed by atoms with van der Waals surface area (Å²) in [6, 6.07) is 15.5. The minimum Gasteiger partial charge on any atom is -0.493 e. The van der Waals surface area contributed by atoms with Crippen molar-refractivity contribution in [2.75, 3.05) is 24.4 Å². The Hall–Kier alpha value is -4.90. The van der Waals surface area contributed by atoms with Crippen LogP contribution in [0.4, 0.5) is 15.8 Å². The predicted molar refractivity (Wildman–Crippen MR) is 162 cm³/mol. The Morgan fingerprint density at radius 2 is 1.68 bits per heavy atom. The molecule has 1 heterocycles. The standard InChI is InChI=1S/C32H29ClFN3O7/c1-42-27-17-22-24(18-28(27)43-14-3-2-7-29(38)39)35-13-10-25(22)44-26-9-8-21(16-23(26)34)37-31(41)32(11-12-32)30(40)36-20-6-4-5-19(33)15-20/h4-6,8-10,13,15-18H,2-3,7,11-12,14H2,1H3,(H,36,40)(H,37,41)(H,38,39). The van der Waals surface area contributed by atoms with E-state index in [-0.39, 0.29) is 17.9 Å². The topological polar surface area (TPSA) is 136 Å². The Balaban J connectivity index is 1.26. The number of aliphatic carboxylic acids is 1. The Labute approximate surface area is 257 Å². The number of carboxylic acids is 1. The van der Waals surface area contributed by atoms with Gasteiger partial charge in [0, 0.05) is 46.5 Å². The molecule has 0 unspecified atom stereocenters. The molecule has 4 aromatic rings. The normalized spacial score (nSPS) is 13.2. The van der Waals surface area contributed by atoms with Crippen molar-refractivity contribution in [1.82, 2.24) is 4.98 Å². The van der Waals surface area contributed by atoms with Gasteiger partial charge in [-0.2, -0.15) is 0 Å². The highest BCUT2D eigenvalue weighted by atomic mass is 35.5. The lowest BCUT2D eigenvalue weighted by molar-refractivity contribution is -0.137. The van der Waals surface area contributed by atoms with Gasteiger partial charge < -0.3 is 30.0 Å². The lowest BCUT2D eigenvalue weighted by Crippen LogP contribution is -2.35. The zero-order valence-corrected chi connectivity index (χ0v) is 24.4. The molecule has 1 aromatic heterocycles. The second kappa shape index (κ2) is 13.2. The van der Waals surface area contributed by atoms with E-state index in [0.717, 1.165) is 6.07 Å². The molecule has 5 rings (SSSR count). The zero-order valence-electron chi connectivity index (χ0n) is 23.7. The van der Waals surface area contributed by atoms with Gasteiger partial charge in [-0.05, 0) is 68.1 Å². The van der Waals surface area contributed by atoms with E-state index in [2.05, 4.69) is 15.6 Å². The molecule has 2 amide bonds. The second-order valence-corrected chi connectivity index (χ2v) is 10.7. The molecule has 10 nitrogen and oxygen atoms in total. The number of pyridine rings is 1. The van der Waals surface area contributed by atoms with E-state index in [4.69, 9.17) is 30.9 Å². The molecule has 1 aliphatic carbocycles. The molecule has 1 aliphatic rings. The van der Waals surface area contributed by atoms with Crippen molar-refractivity contribution in [3.05, 3.63) is 77.7 Å². The number of carbonyl (C=O) groups excluding carboxylic acids is 2. The third-order valence-corrected chi connectivity index (χ3v) is 7.38. The molecule has 12 heteroatoms. The van der Waals surface area contributed by atoms with Crippen LogP contribution in [-0.2, 0) is 14.4 Å². The average molecular weight is 622 g/mol. The Morgan fingerprint density at radius 1 is 0.932 bits per heavy atom. The van der Waals surface area contributed by atoms with Crippen LogP contribution in [0.2, 0.25) is 5.02 Å². The highest BCUT2D eigenvalue weighted by Gasteiger charge is 2.56. The predicted octanol–water partition coefficient (Wildman–Crippen LogP) is 6.82. The SMILES string of the molecule is COc1cc2c(Oc3ccc(NC(=O)C4(C(=O)Nc5cccc(Cl)c5)CC4)cc3F)ccnc2cc1OCCCCC(=O)O. The molecule has 1 fully saturated rings. The monoisotopic (exact) mass is 621 g/mol. The number of nitrogens with zero attached hydrogens (tertiary/aromatic N) is 1. The molecule has 0 aliphatic heterocycles. The van der Waals surface area contributed by atoms with E-state index in [9.17, 15) is 14.4 Å². The van der Waals surface area contributed by atoms with Crippen molar-refractivity contribution >= 4 is 51.7 Å². The van der Waals surface area contributed by atoms with Crippen molar-refractivity contribution in [1.29, 1.82) is 0 Å². The number of ether oxygens (including phenoxy) is 3. The van der Waals surface area contributed by atoms with Gasteiger partial charge in [0.1, 0.15) is 11.2 Å². The molecule has 44 heavy (non-hydrogen) atoms. The van der Waals surface area contributed by atoms with Crippen LogP contribution in [0.15, 0.2) is 66.9 Å². The Kier molecular flexibility index (Phi) is 9.15. The summed E-state index contributed by atoms with van der Waals surface area (Å²) in [5.41, 5.74) is -0.0802. The number of anilines is 2. The van der Waals surface area contributed by atoms with Gasteiger partial charge in [-0.15, -0.1) is 0 Å². The first-order valence-corrected chi connectivity index (χ1v) is 14.2. The minimum absolute atomic E-state index is 0.0626. The van der Waals surface area contributed by atoms with Gasteiger partial charge >= 0.3 is 5.97 Å². The molecule has 1 saturated carbocycles. The maximum atomic E-state index is 15.2. The maximum absolute atomic E-state index is 15.2. The molecular formula is C32H29ClFN3O7. The van der Waals surface area contributed by atoms with Crippen LogP contribution in [0.1, 0.15) is 32.1 Å². The number of nitrogens with one attached hydrogen (secondary N) is 2. The summed E-state index contributed by atoms with van der Waals surface area (Å²) in [7, 11) is 1.48. The first-order valence-electron chi connectivity index (χ1n) is 13.9. The number of halogens is 2. The highest BCUT2D eigenvalue weighted by Crippen LogP contribution is 2.48. The zero-order chi connectivity index (χ0) is 31.3. The number of hydrogen-bond donors (Lipinski definition) is 3. The number of methoxy groups -OCH3 is 1. The maximum Gasteiger partial charge on any atom is 0.303 e. The largest absolute Gasteiger partial charge is 0.493 e. The third-order valence-electron chi connectivity index (χ3n) is 7.14. The quantitative estimate of drug-likeness (QED) is 0.109. The van der Waals surface area contributed by atoms with Crippen LogP contribution in [-0.4, -0.2) is 41.6 Å². The van der Waals surface area contributed by atoms with Crippen molar-refractivity contribution in [3.63, 3.8) is 0 Å².